The molecule has 32 heavy (non-hydrogen) atoms. The molecule has 2 aliphatic rings. The second kappa shape index (κ2) is 5.89. The Morgan fingerprint density at radius 1 is 0.844 bits per heavy atom. The van der Waals surface area contributed by atoms with E-state index in [1.807, 2.05) is 0 Å². The monoisotopic (exact) mass is 415 g/mol. The number of hydrogen-bond donors (Lipinski definition) is 0. The fourth-order valence-electron chi connectivity index (χ4n) is 6.83. The second-order valence-corrected chi connectivity index (χ2v) is 10.2. The van der Waals surface area contributed by atoms with E-state index in [1.54, 1.807) is 0 Å². The number of para-hydroxylation sites is 1. The predicted molar refractivity (Wildman–Crippen MR) is 131 cm³/mol. The number of hydrogen-bond acceptors (Lipinski definition) is 0. The van der Waals surface area contributed by atoms with Crippen LogP contribution in [0.1, 0.15) is 48.1 Å². The molecule has 2 atom stereocenters. The molecule has 2 unspecified atom stereocenters. The maximum atomic E-state index is 2.67. The van der Waals surface area contributed by atoms with Crippen molar-refractivity contribution in [2.75, 3.05) is 0 Å². The molecule has 7 rings (SSSR count). The summed E-state index contributed by atoms with van der Waals surface area (Å²) in [4.78, 5) is 0. The van der Waals surface area contributed by atoms with Crippen LogP contribution >= 0.6 is 0 Å². The van der Waals surface area contributed by atoms with E-state index >= 15 is 0 Å². The first-order chi connectivity index (χ1) is 15.5. The summed E-state index contributed by atoms with van der Waals surface area (Å²) < 4.78 is 4.89. The maximum Gasteiger partial charge on any atom is 0.212 e. The number of nitrogens with zero attached hydrogens (tertiary/aromatic N) is 2. The highest BCUT2D eigenvalue weighted by molar-refractivity contribution is 6.12. The molecule has 0 saturated heterocycles. The fourth-order valence-corrected chi connectivity index (χ4v) is 6.83. The summed E-state index contributed by atoms with van der Waals surface area (Å²) >= 11 is 0. The first-order valence-electron chi connectivity index (χ1n) is 11.6. The van der Waals surface area contributed by atoms with E-state index in [9.17, 15) is 0 Å². The summed E-state index contributed by atoms with van der Waals surface area (Å²) in [6.45, 7) is 7.12. The van der Waals surface area contributed by atoms with Crippen molar-refractivity contribution in [3.8, 4) is 11.3 Å². The van der Waals surface area contributed by atoms with Crippen LogP contribution in [0.4, 0.5) is 0 Å². The van der Waals surface area contributed by atoms with E-state index in [1.165, 1.54) is 55.3 Å². The Morgan fingerprint density at radius 2 is 1.62 bits per heavy atom. The average Bonchev–Trinajstić information content (AvgIpc) is 3.38. The molecule has 3 heterocycles. The molecule has 0 amide bonds. The fraction of sp³-hybridized carbons (Fsp3) is 0.233. The molecule has 156 valence electrons. The SMILES string of the molecule is Cc1cc2c(cc1-c1cccc[n+]1C)c1cccc3c1n2C1c2ccccc2C(C)(C)C31. The van der Waals surface area contributed by atoms with Gasteiger partial charge >= 0.3 is 0 Å². The molecule has 2 heteroatoms. The van der Waals surface area contributed by atoms with Gasteiger partial charge in [0.25, 0.3) is 0 Å². The number of fused-ring (bicyclic) bond motifs is 8. The van der Waals surface area contributed by atoms with Crippen LogP contribution in [0.2, 0.25) is 0 Å². The lowest BCUT2D eigenvalue weighted by Gasteiger charge is -2.28. The van der Waals surface area contributed by atoms with Crippen molar-refractivity contribution in [3.63, 3.8) is 0 Å². The van der Waals surface area contributed by atoms with Gasteiger partial charge in [-0.05, 0) is 52.8 Å². The zero-order valence-corrected chi connectivity index (χ0v) is 19.1. The van der Waals surface area contributed by atoms with Gasteiger partial charge < -0.3 is 4.57 Å². The van der Waals surface area contributed by atoms with Crippen LogP contribution in [0, 0.1) is 6.92 Å². The Labute approximate surface area is 188 Å². The van der Waals surface area contributed by atoms with Gasteiger partial charge in [-0.15, -0.1) is 0 Å². The molecule has 0 fully saturated rings. The van der Waals surface area contributed by atoms with Gasteiger partial charge in [-0.2, -0.15) is 0 Å². The summed E-state index contributed by atoms with van der Waals surface area (Å²) in [5.74, 6) is 0.481. The van der Waals surface area contributed by atoms with Crippen molar-refractivity contribution in [2.45, 2.75) is 38.1 Å². The Morgan fingerprint density at radius 3 is 2.47 bits per heavy atom. The third-order valence-electron chi connectivity index (χ3n) is 8.21. The normalized spacial score (nSPS) is 20.1. The Balaban J connectivity index is 1.59. The largest absolute Gasteiger partial charge is 0.332 e. The van der Waals surface area contributed by atoms with E-state index in [-0.39, 0.29) is 5.41 Å². The molecule has 0 N–H and O–H groups in total. The second-order valence-electron chi connectivity index (χ2n) is 10.2. The minimum Gasteiger partial charge on any atom is -0.332 e. The smallest absolute Gasteiger partial charge is 0.212 e. The third kappa shape index (κ3) is 2.03. The summed E-state index contributed by atoms with van der Waals surface area (Å²) in [5, 5.41) is 2.76. The molecule has 0 spiro atoms. The summed E-state index contributed by atoms with van der Waals surface area (Å²) in [6.07, 6.45) is 2.13. The van der Waals surface area contributed by atoms with Gasteiger partial charge in [-0.25, -0.2) is 4.57 Å². The van der Waals surface area contributed by atoms with Crippen LogP contribution in [-0.4, -0.2) is 4.57 Å². The summed E-state index contributed by atoms with van der Waals surface area (Å²) in [5.41, 5.74) is 11.3. The van der Waals surface area contributed by atoms with Crippen LogP contribution in [-0.2, 0) is 12.5 Å². The van der Waals surface area contributed by atoms with Crippen molar-refractivity contribution in [2.24, 2.45) is 7.05 Å². The highest BCUT2D eigenvalue weighted by atomic mass is 15.1. The number of rotatable bonds is 1. The van der Waals surface area contributed by atoms with Gasteiger partial charge in [-0.1, -0.05) is 56.3 Å². The van der Waals surface area contributed by atoms with E-state index < -0.39 is 0 Å². The van der Waals surface area contributed by atoms with Gasteiger partial charge in [0.05, 0.1) is 17.1 Å². The zero-order chi connectivity index (χ0) is 21.8. The van der Waals surface area contributed by atoms with Crippen LogP contribution in [0.15, 0.2) is 79.0 Å². The molecule has 1 aliphatic carbocycles. The molecule has 0 radical (unpaired) electrons. The van der Waals surface area contributed by atoms with Crippen LogP contribution in [0.5, 0.6) is 0 Å². The van der Waals surface area contributed by atoms with E-state index in [0.717, 1.165) is 0 Å². The van der Waals surface area contributed by atoms with Gasteiger partial charge in [0.1, 0.15) is 7.05 Å². The van der Waals surface area contributed by atoms with Crippen molar-refractivity contribution in [3.05, 3.63) is 101 Å². The van der Waals surface area contributed by atoms with Crippen molar-refractivity contribution in [1.29, 1.82) is 0 Å². The molecule has 1 aliphatic heterocycles. The minimum absolute atomic E-state index is 0.119. The maximum absolute atomic E-state index is 2.67. The van der Waals surface area contributed by atoms with Crippen molar-refractivity contribution < 1.29 is 4.57 Å². The lowest BCUT2D eigenvalue weighted by molar-refractivity contribution is -0.660. The van der Waals surface area contributed by atoms with E-state index in [4.69, 9.17) is 0 Å². The molecular weight excluding hydrogens is 388 g/mol. The first-order valence-corrected chi connectivity index (χ1v) is 11.6. The van der Waals surface area contributed by atoms with Crippen molar-refractivity contribution in [1.82, 2.24) is 4.57 Å². The summed E-state index contributed by atoms with van der Waals surface area (Å²) in [6, 6.07) is 27.7. The third-order valence-corrected chi connectivity index (χ3v) is 8.21. The molecule has 0 bridgehead atoms. The highest BCUT2D eigenvalue weighted by Gasteiger charge is 2.52. The van der Waals surface area contributed by atoms with Crippen LogP contribution in [0.25, 0.3) is 33.1 Å². The van der Waals surface area contributed by atoms with Crippen molar-refractivity contribution >= 4 is 21.8 Å². The average molecular weight is 416 g/mol. The van der Waals surface area contributed by atoms with E-state index in [2.05, 4.69) is 116 Å². The molecule has 2 nitrogen and oxygen atoms in total. The number of benzene rings is 3. The quantitative estimate of drug-likeness (QED) is 0.274. The number of pyridine rings is 1. The Bertz CT molecular complexity index is 1580. The molecule has 0 saturated carbocycles. The van der Waals surface area contributed by atoms with Gasteiger partial charge in [-0.3, -0.25) is 0 Å². The summed E-state index contributed by atoms with van der Waals surface area (Å²) in [7, 11) is 2.13. The lowest BCUT2D eigenvalue weighted by Crippen LogP contribution is -2.30. The molecular formula is C30H27N2+. The topological polar surface area (TPSA) is 8.81 Å². The zero-order valence-electron chi connectivity index (χ0n) is 19.1. The Hall–Kier alpha value is -3.39. The number of aromatic nitrogens is 2. The Kier molecular flexibility index (Phi) is 3.35. The molecule has 3 aromatic carbocycles. The van der Waals surface area contributed by atoms with Crippen LogP contribution < -0.4 is 4.57 Å². The highest BCUT2D eigenvalue weighted by Crippen LogP contribution is 2.62. The van der Waals surface area contributed by atoms with Gasteiger partial charge in [0, 0.05) is 34.4 Å². The predicted octanol–water partition coefficient (Wildman–Crippen LogP) is 6.57. The minimum atomic E-state index is 0.119. The molecule has 5 aromatic rings. The van der Waals surface area contributed by atoms with Crippen LogP contribution in [0.3, 0.4) is 0 Å². The lowest BCUT2D eigenvalue weighted by atomic mass is 9.74. The standard InChI is InChI=1S/C30H27N2/c1-18-16-26-23(17-22(18)25-14-7-8-15-31(25)4)19-11-9-12-21-27-29(32(26)28(19)21)20-10-5-6-13-24(20)30(27,2)3/h5-17,27,29H,1-4H3/q+1. The van der Waals surface area contributed by atoms with Gasteiger partial charge in [0.2, 0.25) is 5.69 Å². The first kappa shape index (κ1) is 18.2. The van der Waals surface area contributed by atoms with E-state index in [0.29, 0.717) is 12.0 Å². The number of aryl methyl sites for hydroxylation is 2. The van der Waals surface area contributed by atoms with Gasteiger partial charge in [0.15, 0.2) is 6.20 Å². The molecule has 2 aromatic heterocycles.